The highest BCUT2D eigenvalue weighted by Crippen LogP contribution is 2.40. The number of carbonyl (C=O) groups is 4. The minimum atomic E-state index is -2.55. The van der Waals surface area contributed by atoms with Crippen LogP contribution < -0.4 is 21.3 Å². The molecular formula is C62H104N4O45. The molecule has 9 saturated heterocycles. The summed E-state index contributed by atoms with van der Waals surface area (Å²) in [6.07, 6.45) is -83.2. The Morgan fingerprint density at radius 2 is 0.559 bits per heavy atom. The van der Waals surface area contributed by atoms with Gasteiger partial charge in [-0.25, -0.2) is 0 Å². The van der Waals surface area contributed by atoms with Crippen molar-refractivity contribution in [2.45, 2.75) is 311 Å². The molecule has 0 aromatic carbocycles. The van der Waals surface area contributed by atoms with Crippen LogP contribution in [-0.2, 0) is 99.7 Å². The smallest absolute Gasteiger partial charge is 0.217 e. The molecule has 9 aliphatic rings. The van der Waals surface area contributed by atoms with Crippen LogP contribution in [0.4, 0.5) is 0 Å². The highest BCUT2D eigenvalue weighted by molar-refractivity contribution is 5.74. The van der Waals surface area contributed by atoms with Gasteiger partial charge < -0.3 is 224 Å². The van der Waals surface area contributed by atoms with E-state index in [-0.39, 0.29) is 0 Å². The standard InChI is InChI=1S/C62H104N4O45/c1-14-31(77)41(87)45(91)58(97-14)95-13-26-50(38(84)27(54(94)98-26)63-15(2)73)106-56-29(65-17(4)75)39(85)49(24(11-72)103-56)108-60-47(93)51(109-62-53(44(90)35(81)22(9-70)102-62)111-55-28(64-16(3)74)37(83)32(78)19(6-67)99-55)36(82)25(105-60)12-96-61-52(43(89)34(80)21(8-69)101-61)110-57-30(66-18(5)76)40(86)48(23(10-71)104-57)107-59-46(92)42(88)33(79)20(7-68)100-59/h14,19-62,67-72,77-94H,6-13H2,1-5H3,(H,63,73)(H,64,74)(H,65,75)(H,66,76)/t14-,19+,20+,21+,22+,23+,24+,25+,26+,27+,28-,29+,30+,31+,32+,33-,34+,35+,36+,37+,38+,39+,40+,41+,42-,43-,44-,45-,46+,47-,48+,49+,50+,51-,52-,53-,54+,55-,56-,57-,58-,59-,60-,61-,62+/m0/s1. The van der Waals surface area contributed by atoms with Gasteiger partial charge in [-0.15, -0.1) is 0 Å². The second-order valence-electron chi connectivity index (χ2n) is 28.2. The quantitative estimate of drug-likeness (QED) is 0.0346. The van der Waals surface area contributed by atoms with E-state index in [0.717, 1.165) is 27.7 Å². The number of rotatable bonds is 28. The van der Waals surface area contributed by atoms with Crippen molar-refractivity contribution in [1.29, 1.82) is 0 Å². The fraction of sp³-hybridized carbons (Fsp3) is 0.935. The minimum Gasteiger partial charge on any atom is -0.394 e. The first-order valence-electron chi connectivity index (χ1n) is 35.5. The maximum Gasteiger partial charge on any atom is 0.217 e. The summed E-state index contributed by atoms with van der Waals surface area (Å²) in [7, 11) is 0. The molecule has 49 nitrogen and oxygen atoms in total. The van der Waals surface area contributed by atoms with Crippen molar-refractivity contribution in [3.8, 4) is 0 Å². The molecule has 0 unspecified atom stereocenters. The number of amides is 4. The van der Waals surface area contributed by atoms with Gasteiger partial charge in [-0.3, -0.25) is 19.2 Å². The van der Waals surface area contributed by atoms with Crippen molar-refractivity contribution < 1.29 is 222 Å². The molecule has 0 radical (unpaired) electrons. The molecule has 0 spiro atoms. The van der Waals surface area contributed by atoms with Crippen LogP contribution in [-0.4, -0.2) is 475 Å². The minimum absolute atomic E-state index is 0.827. The lowest BCUT2D eigenvalue weighted by Gasteiger charge is -2.51. The highest BCUT2D eigenvalue weighted by Gasteiger charge is 2.61. The Labute approximate surface area is 629 Å². The summed E-state index contributed by atoms with van der Waals surface area (Å²) in [6, 6.07) is -7.39. The summed E-state index contributed by atoms with van der Waals surface area (Å²) < 4.78 is 101. The Kier molecular flexibility index (Phi) is 32.6. The van der Waals surface area contributed by atoms with Crippen molar-refractivity contribution in [3.05, 3.63) is 0 Å². The molecule has 111 heavy (non-hydrogen) atoms. The topological polar surface area (TPSA) is 759 Å². The predicted octanol–water partition coefficient (Wildman–Crippen LogP) is -19.0. The number of ether oxygens (including phenoxy) is 17. The number of aliphatic hydroxyl groups is 24. The summed E-state index contributed by atoms with van der Waals surface area (Å²) in [5.74, 6) is -3.59. The van der Waals surface area contributed by atoms with Crippen LogP contribution >= 0.6 is 0 Å². The second-order valence-corrected chi connectivity index (χ2v) is 28.2. The van der Waals surface area contributed by atoms with Crippen molar-refractivity contribution in [2.24, 2.45) is 0 Å². The first-order valence-corrected chi connectivity index (χ1v) is 35.5. The van der Waals surface area contributed by atoms with Crippen molar-refractivity contribution in [3.63, 3.8) is 0 Å². The van der Waals surface area contributed by atoms with Gasteiger partial charge in [0.15, 0.2) is 56.6 Å². The van der Waals surface area contributed by atoms with Crippen LogP contribution in [0.3, 0.4) is 0 Å². The average Bonchev–Trinajstić information content (AvgIpc) is 0.768. The monoisotopic (exact) mass is 1620 g/mol. The Morgan fingerprint density at radius 1 is 0.252 bits per heavy atom. The maximum absolute atomic E-state index is 13.2. The van der Waals surface area contributed by atoms with Crippen LogP contribution in [0.1, 0.15) is 34.6 Å². The molecule has 642 valence electrons. The van der Waals surface area contributed by atoms with Gasteiger partial charge in [0, 0.05) is 27.7 Å². The van der Waals surface area contributed by atoms with E-state index in [0.29, 0.717) is 0 Å². The molecule has 28 N–H and O–H groups in total. The summed E-state index contributed by atoms with van der Waals surface area (Å²) >= 11 is 0. The van der Waals surface area contributed by atoms with Crippen LogP contribution in [0.15, 0.2) is 0 Å². The number of carbonyl (C=O) groups excluding carboxylic acids is 4. The zero-order valence-corrected chi connectivity index (χ0v) is 59.9. The van der Waals surface area contributed by atoms with Gasteiger partial charge in [0.25, 0.3) is 0 Å². The SMILES string of the molecule is CC(=O)N[C@@H]1[C@H](O[C@@H]2[C@@H](O[C@@H]3[C@H](O)[C@H](O[C@H]4[C@H](O)[C@@H](NC(C)=O)[C@H](O[C@H]5[C@H](O)[C@@H](NC(C)=O)[C@H](O)O[C@@H]5CO[C@H]5O[C@@H](C)[C@@H](O)[C@@H](O)[C@@H]5O)O[C@@H]4CO)O[C@H](CO[C@H]4O[C@H](CO)[C@@H](O)[C@H](O)[C@@H]4O[C@@H]4O[C@H](CO)[C@@H](O[C@@H]5O[C@H](CO)[C@H](O)[C@H](O)[C@H]5O)[C@H](O)[C@H]4NC(C)=O)[C@H]3O)O[C@H](CO)[C@@H](O)[C@@H]2O)O[C@H](CO)[C@@H](O)[C@@H]1O. The van der Waals surface area contributed by atoms with E-state index < -0.39 is 353 Å². The van der Waals surface area contributed by atoms with E-state index in [1.54, 1.807) is 0 Å². The van der Waals surface area contributed by atoms with E-state index in [1.165, 1.54) is 6.92 Å². The third-order valence-corrected chi connectivity index (χ3v) is 20.3. The fourth-order valence-corrected chi connectivity index (χ4v) is 14.3. The van der Waals surface area contributed by atoms with E-state index in [2.05, 4.69) is 21.3 Å². The van der Waals surface area contributed by atoms with Crippen molar-refractivity contribution in [1.82, 2.24) is 21.3 Å². The molecule has 45 atom stereocenters. The van der Waals surface area contributed by atoms with Crippen molar-refractivity contribution >= 4 is 23.6 Å². The van der Waals surface area contributed by atoms with Crippen LogP contribution in [0.2, 0.25) is 0 Å². The summed E-state index contributed by atoms with van der Waals surface area (Å²) in [6.45, 7) is -3.36. The molecule has 0 aliphatic carbocycles. The largest absolute Gasteiger partial charge is 0.394 e. The van der Waals surface area contributed by atoms with Gasteiger partial charge in [0.1, 0.15) is 213 Å². The first-order chi connectivity index (χ1) is 52.4. The van der Waals surface area contributed by atoms with Crippen LogP contribution in [0.5, 0.6) is 0 Å². The molecular weight excluding hydrogens is 1520 g/mol. The summed E-state index contributed by atoms with van der Waals surface area (Å²) in [5, 5.41) is 276. The normalized spacial score (nSPS) is 49.3. The molecule has 4 amide bonds. The lowest BCUT2D eigenvalue weighted by Crippen LogP contribution is -2.71. The van der Waals surface area contributed by atoms with Gasteiger partial charge in [-0.1, -0.05) is 0 Å². The summed E-state index contributed by atoms with van der Waals surface area (Å²) in [5.41, 5.74) is 0. The number of hydrogen-bond donors (Lipinski definition) is 28. The van der Waals surface area contributed by atoms with Crippen LogP contribution in [0, 0.1) is 0 Å². The molecule has 49 heteroatoms. The Hall–Kier alpha value is -3.76. The second kappa shape index (κ2) is 39.7. The molecule has 9 rings (SSSR count). The predicted molar refractivity (Wildman–Crippen MR) is 342 cm³/mol. The third-order valence-electron chi connectivity index (χ3n) is 20.3. The van der Waals surface area contributed by atoms with Gasteiger partial charge >= 0.3 is 0 Å². The van der Waals surface area contributed by atoms with E-state index in [9.17, 15) is 142 Å². The number of nitrogens with one attached hydrogen (secondary N) is 4. The molecule has 9 fully saturated rings. The highest BCUT2D eigenvalue weighted by atomic mass is 16.8. The van der Waals surface area contributed by atoms with Crippen LogP contribution in [0.25, 0.3) is 0 Å². The Bertz CT molecular complexity index is 2950. The molecule has 9 heterocycles. The third kappa shape index (κ3) is 20.3. The Morgan fingerprint density at radius 3 is 1.03 bits per heavy atom. The van der Waals surface area contributed by atoms with Crippen molar-refractivity contribution in [2.75, 3.05) is 52.9 Å². The van der Waals surface area contributed by atoms with Gasteiger partial charge in [0.05, 0.1) is 59.0 Å². The Balaban J connectivity index is 1.05. The lowest BCUT2D eigenvalue weighted by molar-refractivity contribution is -0.396. The first kappa shape index (κ1) is 91.1. The fourth-order valence-electron chi connectivity index (χ4n) is 14.3. The van der Waals surface area contributed by atoms with E-state index in [4.69, 9.17) is 80.5 Å². The molecule has 0 bridgehead atoms. The average molecular weight is 1630 g/mol. The van der Waals surface area contributed by atoms with E-state index >= 15 is 0 Å². The molecule has 0 saturated carbocycles. The number of hydrogen-bond acceptors (Lipinski definition) is 45. The lowest BCUT2D eigenvalue weighted by atomic mass is 9.93. The number of aliphatic hydroxyl groups excluding tert-OH is 24. The molecule has 0 aromatic heterocycles. The van der Waals surface area contributed by atoms with Gasteiger partial charge in [-0.2, -0.15) is 0 Å². The van der Waals surface area contributed by atoms with Gasteiger partial charge in [-0.05, 0) is 6.92 Å². The summed E-state index contributed by atoms with van der Waals surface area (Å²) in [4.78, 5) is 50.9. The molecule has 9 aliphatic heterocycles. The molecule has 0 aromatic rings. The zero-order valence-electron chi connectivity index (χ0n) is 59.9. The van der Waals surface area contributed by atoms with Gasteiger partial charge in [0.2, 0.25) is 23.6 Å². The maximum atomic E-state index is 13.2. The van der Waals surface area contributed by atoms with E-state index in [1.807, 2.05) is 0 Å². The zero-order chi connectivity index (χ0) is 81.8.